The molecule has 1 aromatic heterocycles. The second-order valence-corrected chi connectivity index (χ2v) is 7.51. The number of amides is 3. The van der Waals surface area contributed by atoms with Crippen molar-refractivity contribution in [3.8, 4) is 0 Å². The van der Waals surface area contributed by atoms with Gasteiger partial charge in [-0.05, 0) is 25.1 Å². The lowest BCUT2D eigenvalue weighted by atomic mass is 10.1. The molecule has 3 N–H and O–H groups in total. The van der Waals surface area contributed by atoms with E-state index in [1.807, 2.05) is 18.2 Å². The van der Waals surface area contributed by atoms with Gasteiger partial charge in [-0.2, -0.15) is 13.2 Å². The minimum Gasteiger partial charge on any atom is -0.352 e. The van der Waals surface area contributed by atoms with Gasteiger partial charge < -0.3 is 20.5 Å². The molecule has 12 heteroatoms. The minimum absolute atomic E-state index is 0.0601. The van der Waals surface area contributed by atoms with E-state index < -0.39 is 34.9 Å². The highest BCUT2D eigenvalue weighted by Gasteiger charge is 2.32. The quantitative estimate of drug-likeness (QED) is 0.489. The number of carbonyl (C=O) groups is 3. The Bertz CT molecular complexity index is 1260. The fourth-order valence-corrected chi connectivity index (χ4v) is 3.20. The molecule has 0 fully saturated rings. The van der Waals surface area contributed by atoms with Gasteiger partial charge >= 0.3 is 6.18 Å². The molecule has 3 amide bonds. The molecule has 0 radical (unpaired) electrons. The summed E-state index contributed by atoms with van der Waals surface area (Å²) in [5.41, 5.74) is -0.292. The molecule has 2 aromatic carbocycles. The van der Waals surface area contributed by atoms with Crippen molar-refractivity contribution < 1.29 is 31.9 Å². The van der Waals surface area contributed by atoms with Crippen LogP contribution in [0, 0.1) is 12.7 Å². The number of hydrogen-bond donors (Lipinski definition) is 3. The van der Waals surface area contributed by atoms with E-state index in [1.165, 1.54) is 17.2 Å². The van der Waals surface area contributed by atoms with Crippen LogP contribution in [0.5, 0.6) is 0 Å². The van der Waals surface area contributed by atoms with Crippen molar-refractivity contribution in [2.45, 2.75) is 26.2 Å². The average Bonchev–Trinajstić information content (AvgIpc) is 3.15. The third kappa shape index (κ3) is 6.22. The summed E-state index contributed by atoms with van der Waals surface area (Å²) in [6.45, 7) is 1.80. The van der Waals surface area contributed by atoms with Crippen molar-refractivity contribution in [3.63, 3.8) is 0 Å². The third-order valence-electron chi connectivity index (χ3n) is 4.92. The molecule has 2 heterocycles. The van der Waals surface area contributed by atoms with Crippen LogP contribution in [0.15, 0.2) is 48.5 Å². The number of aryl methyl sites for hydroxylation is 1. The predicted molar refractivity (Wildman–Crippen MR) is 118 cm³/mol. The number of nitrogens with zero attached hydrogens (tertiary/aromatic N) is 2. The molecule has 0 spiro atoms. The van der Waals surface area contributed by atoms with Gasteiger partial charge in [-0.1, -0.05) is 35.9 Å². The highest BCUT2D eigenvalue weighted by molar-refractivity contribution is 6.05. The fraction of sp³-hybridized carbons (Fsp3) is 0.217. The topological polar surface area (TPSA) is 105 Å². The third-order valence-corrected chi connectivity index (χ3v) is 4.92. The number of anilines is 1. The maximum Gasteiger partial charge on any atom is 0.416 e. The van der Waals surface area contributed by atoms with Crippen molar-refractivity contribution in [3.05, 3.63) is 82.6 Å². The summed E-state index contributed by atoms with van der Waals surface area (Å²) in [5, 5.41) is 7.11. The van der Waals surface area contributed by atoms with Crippen LogP contribution in [0.2, 0.25) is 0 Å². The summed E-state index contributed by atoms with van der Waals surface area (Å²) in [6, 6.07) is 11.7. The van der Waals surface area contributed by atoms with Crippen LogP contribution in [0.1, 0.15) is 37.8 Å². The molecule has 184 valence electrons. The number of benzene rings is 2. The van der Waals surface area contributed by atoms with Crippen molar-refractivity contribution in [2.24, 2.45) is 0 Å². The van der Waals surface area contributed by atoms with Crippen LogP contribution in [0.25, 0.3) is 0 Å². The number of fused-ring (bicyclic) bond motifs is 1. The first kappa shape index (κ1) is 25.4. The maximum atomic E-state index is 13.5. The lowest BCUT2D eigenvalue weighted by Gasteiger charge is -2.17. The second kappa shape index (κ2) is 10.4. The molecule has 8 nitrogen and oxygen atoms in total. The van der Waals surface area contributed by atoms with E-state index in [0.717, 1.165) is 0 Å². The van der Waals surface area contributed by atoms with Gasteiger partial charge in [0.2, 0.25) is 11.7 Å². The first-order chi connectivity index (χ1) is 16.5. The molecular formula is C23H21F4N5O3. The summed E-state index contributed by atoms with van der Waals surface area (Å²) >= 11 is 0. The molecule has 0 aliphatic carbocycles. The number of imidazole rings is 1. The van der Waals surface area contributed by atoms with E-state index in [-0.39, 0.29) is 42.4 Å². The summed E-state index contributed by atoms with van der Waals surface area (Å²) < 4.78 is 53.3. The zero-order chi connectivity index (χ0) is 25.8. The molecule has 0 unspecified atom stereocenters. The number of nitrogens with one attached hydrogen (secondary N) is 3. The van der Waals surface area contributed by atoms with Gasteiger partial charge in [0.25, 0.3) is 11.8 Å². The van der Waals surface area contributed by atoms with Gasteiger partial charge in [0.1, 0.15) is 12.4 Å². The summed E-state index contributed by atoms with van der Waals surface area (Å²) in [7, 11) is 1.34. The van der Waals surface area contributed by atoms with E-state index in [1.54, 1.807) is 0 Å². The van der Waals surface area contributed by atoms with Gasteiger partial charge in [0.15, 0.2) is 5.82 Å². The number of hydrogen-bond acceptors (Lipinski definition) is 4. The standard InChI is InChI=1S/C16H13F4N5O3.C7H8/c1-21-15(28)13-23-12(10-5-22-11(26)6-25(10)13)24-14(27)7-2-8(16(18,19)20)4-9(17)3-7;1-7-5-3-2-4-6-7/h2-4H,5-6H2,1H3,(H,21,28)(H,22,26)(H,24,27);2-6H,1H3. The number of rotatable bonds is 3. The molecule has 1 aliphatic rings. The van der Waals surface area contributed by atoms with Crippen molar-refractivity contribution in [1.29, 1.82) is 0 Å². The molecule has 4 rings (SSSR count). The Hall–Kier alpha value is -4.22. The Morgan fingerprint density at radius 1 is 1.09 bits per heavy atom. The molecule has 35 heavy (non-hydrogen) atoms. The van der Waals surface area contributed by atoms with E-state index in [9.17, 15) is 31.9 Å². The van der Waals surface area contributed by atoms with Crippen LogP contribution in [0.3, 0.4) is 0 Å². The number of alkyl halides is 3. The van der Waals surface area contributed by atoms with Crippen molar-refractivity contribution in [2.75, 3.05) is 12.4 Å². The largest absolute Gasteiger partial charge is 0.416 e. The van der Waals surface area contributed by atoms with Crippen LogP contribution in [0.4, 0.5) is 23.4 Å². The highest BCUT2D eigenvalue weighted by Crippen LogP contribution is 2.31. The first-order valence-corrected chi connectivity index (χ1v) is 10.3. The first-order valence-electron chi connectivity index (χ1n) is 10.3. The van der Waals surface area contributed by atoms with E-state index in [4.69, 9.17) is 0 Å². The molecule has 0 saturated carbocycles. The predicted octanol–water partition coefficient (Wildman–Crippen LogP) is 3.28. The highest BCUT2D eigenvalue weighted by atomic mass is 19.4. The van der Waals surface area contributed by atoms with Gasteiger partial charge in [-0.15, -0.1) is 0 Å². The number of halogens is 4. The van der Waals surface area contributed by atoms with Gasteiger partial charge in [-0.25, -0.2) is 9.37 Å². The van der Waals surface area contributed by atoms with Crippen LogP contribution in [-0.2, 0) is 24.1 Å². The van der Waals surface area contributed by atoms with E-state index in [0.29, 0.717) is 12.1 Å². The summed E-state index contributed by atoms with van der Waals surface area (Å²) in [4.78, 5) is 39.9. The second-order valence-electron chi connectivity index (χ2n) is 7.51. The monoisotopic (exact) mass is 491 g/mol. The normalized spacial score (nSPS) is 12.6. The Morgan fingerprint density at radius 2 is 1.77 bits per heavy atom. The molecule has 1 aliphatic heterocycles. The van der Waals surface area contributed by atoms with Crippen LogP contribution in [-0.4, -0.2) is 34.3 Å². The van der Waals surface area contributed by atoms with Crippen molar-refractivity contribution >= 4 is 23.5 Å². The molecule has 3 aromatic rings. The smallest absolute Gasteiger partial charge is 0.352 e. The lowest BCUT2D eigenvalue weighted by molar-refractivity contribution is -0.137. The zero-order valence-corrected chi connectivity index (χ0v) is 18.7. The number of carbonyl (C=O) groups excluding carboxylic acids is 3. The van der Waals surface area contributed by atoms with Crippen LogP contribution >= 0.6 is 0 Å². The summed E-state index contributed by atoms with van der Waals surface area (Å²) in [6.07, 6.45) is -4.83. The fourth-order valence-electron chi connectivity index (χ4n) is 3.20. The molecule has 0 atom stereocenters. The SMILES string of the molecule is CNC(=O)c1nc(NC(=O)c2cc(F)cc(C(F)(F)F)c2)c2n1CC(=O)NC2.Cc1ccccc1. The van der Waals surface area contributed by atoms with Crippen LogP contribution < -0.4 is 16.0 Å². The van der Waals surface area contributed by atoms with E-state index >= 15 is 0 Å². The Balaban J connectivity index is 0.000000420. The minimum atomic E-state index is -4.83. The van der Waals surface area contributed by atoms with Gasteiger partial charge in [0, 0.05) is 12.6 Å². The summed E-state index contributed by atoms with van der Waals surface area (Å²) in [5.74, 6) is -3.56. The average molecular weight is 491 g/mol. The molecular weight excluding hydrogens is 470 g/mol. The Labute approximate surface area is 197 Å². The van der Waals surface area contributed by atoms with Gasteiger partial charge in [-0.3, -0.25) is 14.4 Å². The Kier molecular flexibility index (Phi) is 7.52. The number of aromatic nitrogens is 2. The van der Waals surface area contributed by atoms with Crippen molar-refractivity contribution in [1.82, 2.24) is 20.2 Å². The maximum absolute atomic E-state index is 13.5. The molecule has 0 bridgehead atoms. The van der Waals surface area contributed by atoms with E-state index in [2.05, 4.69) is 40.0 Å². The molecule has 0 saturated heterocycles. The van der Waals surface area contributed by atoms with Gasteiger partial charge in [0.05, 0.1) is 17.8 Å². The zero-order valence-electron chi connectivity index (χ0n) is 18.7. The lowest BCUT2D eigenvalue weighted by Crippen LogP contribution is -2.36. The Morgan fingerprint density at radius 3 is 2.34 bits per heavy atom.